The van der Waals surface area contributed by atoms with Crippen LogP contribution in [-0.4, -0.2) is 27.1 Å². The highest BCUT2D eigenvalue weighted by molar-refractivity contribution is 6.09. The van der Waals surface area contributed by atoms with Crippen LogP contribution >= 0.6 is 0 Å². The summed E-state index contributed by atoms with van der Waals surface area (Å²) in [6, 6.07) is 14.3. The Labute approximate surface area is 171 Å². The van der Waals surface area contributed by atoms with Gasteiger partial charge in [0.25, 0.3) is 5.91 Å². The minimum absolute atomic E-state index is 0.0980. The van der Waals surface area contributed by atoms with Crippen LogP contribution in [0.1, 0.15) is 27.6 Å². The Bertz CT molecular complexity index is 1130. The van der Waals surface area contributed by atoms with Gasteiger partial charge in [-0.3, -0.25) is 4.79 Å². The quantitative estimate of drug-likeness (QED) is 0.452. The summed E-state index contributed by atoms with van der Waals surface area (Å²) in [4.78, 5) is 27.2. The van der Waals surface area contributed by atoms with Crippen molar-refractivity contribution in [3.05, 3.63) is 76.9 Å². The smallest absolute Gasteiger partial charge is 0.335 e. The number of anilines is 1. The van der Waals surface area contributed by atoms with E-state index in [0.717, 1.165) is 0 Å². The lowest BCUT2D eigenvalue weighted by Crippen LogP contribution is -2.13. The van der Waals surface area contributed by atoms with Gasteiger partial charge in [0, 0.05) is 12.6 Å². The van der Waals surface area contributed by atoms with Gasteiger partial charge in [-0.2, -0.15) is 10.2 Å². The van der Waals surface area contributed by atoms with Crippen molar-refractivity contribution in [2.24, 2.45) is 0 Å². The zero-order valence-corrected chi connectivity index (χ0v) is 15.8. The minimum atomic E-state index is -1.06. The summed E-state index contributed by atoms with van der Waals surface area (Å²) in [6.45, 7) is 1.84. The standard InChI is InChI=1S/C21H16N4O5/c1-13-23-19(25-30-13)12-29-18-8-2-14(3-9-18)10-16(11-22)20(26)24-17-6-4-15(5-7-17)21(27)28/h2-10H,12H2,1H3,(H,24,26)(H,27,28)/b16-10-. The number of nitriles is 1. The maximum absolute atomic E-state index is 12.3. The van der Waals surface area contributed by atoms with E-state index < -0.39 is 11.9 Å². The van der Waals surface area contributed by atoms with E-state index in [-0.39, 0.29) is 17.7 Å². The number of rotatable bonds is 7. The SMILES string of the molecule is Cc1nc(COc2ccc(/C=C(/C#N)C(=O)Nc3ccc(C(=O)O)cc3)cc2)no1. The maximum atomic E-state index is 12.3. The highest BCUT2D eigenvalue weighted by Crippen LogP contribution is 2.17. The molecule has 1 heterocycles. The second kappa shape index (κ2) is 9.16. The first-order valence-electron chi connectivity index (χ1n) is 8.73. The molecular weight excluding hydrogens is 388 g/mol. The Morgan fingerprint density at radius 2 is 1.90 bits per heavy atom. The Hall–Kier alpha value is -4.45. The molecule has 0 aliphatic rings. The summed E-state index contributed by atoms with van der Waals surface area (Å²) in [7, 11) is 0. The molecule has 0 fully saturated rings. The summed E-state index contributed by atoms with van der Waals surface area (Å²) in [5, 5.41) is 24.5. The Morgan fingerprint density at radius 1 is 1.20 bits per heavy atom. The summed E-state index contributed by atoms with van der Waals surface area (Å²) < 4.78 is 10.4. The predicted molar refractivity (Wildman–Crippen MR) is 105 cm³/mol. The van der Waals surface area contributed by atoms with Gasteiger partial charge in [-0.15, -0.1) is 0 Å². The molecule has 0 unspecified atom stereocenters. The molecule has 3 aromatic rings. The molecule has 150 valence electrons. The highest BCUT2D eigenvalue weighted by atomic mass is 16.5. The van der Waals surface area contributed by atoms with Gasteiger partial charge in [0.2, 0.25) is 11.7 Å². The van der Waals surface area contributed by atoms with E-state index in [4.69, 9.17) is 14.4 Å². The van der Waals surface area contributed by atoms with Crippen LogP contribution < -0.4 is 10.1 Å². The van der Waals surface area contributed by atoms with Gasteiger partial charge in [0.05, 0.1) is 5.56 Å². The fourth-order valence-electron chi connectivity index (χ4n) is 2.42. The van der Waals surface area contributed by atoms with E-state index in [0.29, 0.717) is 28.7 Å². The number of nitrogens with one attached hydrogen (secondary N) is 1. The zero-order chi connectivity index (χ0) is 21.5. The molecule has 2 aromatic carbocycles. The van der Waals surface area contributed by atoms with E-state index in [1.54, 1.807) is 31.2 Å². The van der Waals surface area contributed by atoms with Crippen LogP contribution in [-0.2, 0) is 11.4 Å². The molecule has 0 aliphatic carbocycles. The Balaban J connectivity index is 1.63. The average Bonchev–Trinajstić information content (AvgIpc) is 3.16. The van der Waals surface area contributed by atoms with E-state index in [1.807, 2.05) is 6.07 Å². The van der Waals surface area contributed by atoms with Crippen LogP contribution in [0.2, 0.25) is 0 Å². The monoisotopic (exact) mass is 404 g/mol. The molecule has 1 aromatic heterocycles. The van der Waals surface area contributed by atoms with Crippen LogP contribution in [0.3, 0.4) is 0 Å². The van der Waals surface area contributed by atoms with E-state index in [9.17, 15) is 14.9 Å². The number of ether oxygens (including phenoxy) is 1. The lowest BCUT2D eigenvalue weighted by molar-refractivity contribution is -0.112. The number of carboxylic acids is 1. The second-order valence-electron chi connectivity index (χ2n) is 6.09. The minimum Gasteiger partial charge on any atom is -0.485 e. The molecule has 9 heteroatoms. The molecule has 0 saturated carbocycles. The molecule has 0 radical (unpaired) electrons. The summed E-state index contributed by atoms with van der Waals surface area (Å²) in [5.41, 5.74) is 1.01. The molecule has 0 bridgehead atoms. The van der Waals surface area contributed by atoms with E-state index in [2.05, 4.69) is 15.5 Å². The molecule has 0 saturated heterocycles. The van der Waals surface area contributed by atoms with Crippen molar-refractivity contribution in [2.45, 2.75) is 13.5 Å². The first-order chi connectivity index (χ1) is 14.4. The molecule has 30 heavy (non-hydrogen) atoms. The number of nitrogens with zero attached hydrogens (tertiary/aromatic N) is 3. The van der Waals surface area contributed by atoms with Gasteiger partial charge < -0.3 is 19.7 Å². The van der Waals surface area contributed by atoms with Crippen molar-refractivity contribution < 1.29 is 24.0 Å². The van der Waals surface area contributed by atoms with Crippen molar-refractivity contribution in [2.75, 3.05) is 5.32 Å². The normalized spacial score (nSPS) is 10.9. The van der Waals surface area contributed by atoms with Crippen molar-refractivity contribution in [1.82, 2.24) is 10.1 Å². The predicted octanol–water partition coefficient (Wildman–Crippen LogP) is 3.20. The molecular formula is C21H16N4O5. The van der Waals surface area contributed by atoms with Crippen LogP contribution in [0.4, 0.5) is 5.69 Å². The third kappa shape index (κ3) is 5.30. The number of benzene rings is 2. The Kier molecular flexibility index (Phi) is 6.20. The number of aromatic nitrogens is 2. The first-order valence-corrected chi connectivity index (χ1v) is 8.73. The summed E-state index contributed by atoms with van der Waals surface area (Å²) in [5.74, 6) is -0.222. The summed E-state index contributed by atoms with van der Waals surface area (Å²) in [6.07, 6.45) is 1.44. The van der Waals surface area contributed by atoms with Crippen molar-refractivity contribution in [1.29, 1.82) is 5.26 Å². The number of carbonyl (C=O) groups is 2. The lowest BCUT2D eigenvalue weighted by atomic mass is 10.1. The largest absolute Gasteiger partial charge is 0.485 e. The van der Waals surface area contributed by atoms with Gasteiger partial charge >= 0.3 is 5.97 Å². The third-order valence-electron chi connectivity index (χ3n) is 3.88. The number of carbonyl (C=O) groups excluding carboxylic acids is 1. The fraction of sp³-hybridized carbons (Fsp3) is 0.0952. The second-order valence-corrected chi connectivity index (χ2v) is 6.09. The fourth-order valence-corrected chi connectivity index (χ4v) is 2.42. The average molecular weight is 404 g/mol. The zero-order valence-electron chi connectivity index (χ0n) is 15.8. The molecule has 0 atom stereocenters. The summed E-state index contributed by atoms with van der Waals surface area (Å²) >= 11 is 0. The van der Waals surface area contributed by atoms with E-state index >= 15 is 0 Å². The molecule has 0 aliphatic heterocycles. The third-order valence-corrected chi connectivity index (χ3v) is 3.88. The van der Waals surface area contributed by atoms with E-state index in [1.165, 1.54) is 30.3 Å². The topological polar surface area (TPSA) is 138 Å². The highest BCUT2D eigenvalue weighted by Gasteiger charge is 2.11. The van der Waals surface area contributed by atoms with Crippen molar-refractivity contribution in [3.63, 3.8) is 0 Å². The molecule has 9 nitrogen and oxygen atoms in total. The lowest BCUT2D eigenvalue weighted by Gasteiger charge is -2.06. The molecule has 3 rings (SSSR count). The molecule has 0 spiro atoms. The maximum Gasteiger partial charge on any atom is 0.335 e. The number of hydrogen-bond donors (Lipinski definition) is 2. The van der Waals surface area contributed by atoms with Crippen molar-refractivity contribution >= 4 is 23.6 Å². The number of aryl methyl sites for hydroxylation is 1. The number of hydrogen-bond acceptors (Lipinski definition) is 7. The Morgan fingerprint density at radius 3 is 2.47 bits per heavy atom. The van der Waals surface area contributed by atoms with Gasteiger partial charge in [-0.05, 0) is 48.0 Å². The number of aromatic carboxylic acids is 1. The van der Waals surface area contributed by atoms with Crippen LogP contribution in [0.15, 0.2) is 58.6 Å². The van der Waals surface area contributed by atoms with Gasteiger partial charge in [0.1, 0.15) is 17.4 Å². The van der Waals surface area contributed by atoms with Gasteiger partial charge in [-0.1, -0.05) is 17.3 Å². The van der Waals surface area contributed by atoms with Crippen molar-refractivity contribution in [3.8, 4) is 11.8 Å². The number of amides is 1. The van der Waals surface area contributed by atoms with Crippen LogP contribution in [0.25, 0.3) is 6.08 Å². The van der Waals surface area contributed by atoms with Gasteiger partial charge in [0.15, 0.2) is 6.61 Å². The molecule has 1 amide bonds. The first kappa shape index (κ1) is 20.3. The number of carboxylic acid groups (broad SMARTS) is 1. The van der Waals surface area contributed by atoms with Crippen LogP contribution in [0, 0.1) is 18.3 Å². The molecule has 2 N–H and O–H groups in total. The van der Waals surface area contributed by atoms with Crippen LogP contribution in [0.5, 0.6) is 5.75 Å². The van der Waals surface area contributed by atoms with Gasteiger partial charge in [-0.25, -0.2) is 4.79 Å².